The Morgan fingerprint density at radius 1 is 1.30 bits per heavy atom. The number of nitrogens with one attached hydrogen (secondary N) is 2. The van der Waals surface area contributed by atoms with Gasteiger partial charge in [0.25, 0.3) is 11.8 Å². The number of halogens is 2. The van der Waals surface area contributed by atoms with Crippen molar-refractivity contribution < 1.29 is 19.5 Å². The molecule has 0 aromatic heterocycles. The van der Waals surface area contributed by atoms with Gasteiger partial charge in [-0.05, 0) is 30.5 Å². The summed E-state index contributed by atoms with van der Waals surface area (Å²) in [5.74, 6) is -1.84. The molecule has 2 heterocycles. The number of benzene rings is 1. The van der Waals surface area contributed by atoms with Gasteiger partial charge in [-0.15, -0.1) is 0 Å². The van der Waals surface area contributed by atoms with Crippen molar-refractivity contribution in [1.82, 2.24) is 15.5 Å². The SMILES string of the molecule is O=C1CCN2C(=O)C(O)=C(C(=O)NCCCc3ccc(Cl)c(Cl)c3)C2CN1. The molecule has 3 N–H and O–H groups in total. The molecule has 1 unspecified atom stereocenters. The quantitative estimate of drug-likeness (QED) is 0.640. The molecule has 27 heavy (non-hydrogen) atoms. The molecule has 1 atom stereocenters. The van der Waals surface area contributed by atoms with Crippen LogP contribution in [-0.4, -0.2) is 53.4 Å². The summed E-state index contributed by atoms with van der Waals surface area (Å²) in [7, 11) is 0. The minimum atomic E-state index is -0.640. The number of rotatable bonds is 5. The Kier molecular flexibility index (Phi) is 5.92. The molecule has 3 amide bonds. The molecular formula is C18H19Cl2N3O4. The van der Waals surface area contributed by atoms with Gasteiger partial charge in [-0.2, -0.15) is 0 Å². The number of aryl methyl sites for hydroxylation is 1. The number of aliphatic hydroxyl groups excluding tert-OH is 1. The topological polar surface area (TPSA) is 98.7 Å². The standard InChI is InChI=1S/C18H19Cl2N3O4/c19-11-4-3-10(8-12(11)20)2-1-6-21-17(26)15-13-9-22-14(24)5-7-23(13)18(27)16(15)25/h3-4,8,13,25H,1-2,5-7,9H2,(H,21,26)(H,22,24). The molecule has 0 aliphatic carbocycles. The molecule has 0 saturated carbocycles. The Labute approximate surface area is 166 Å². The second-order valence-corrected chi connectivity index (χ2v) is 7.25. The Morgan fingerprint density at radius 3 is 2.81 bits per heavy atom. The van der Waals surface area contributed by atoms with E-state index in [4.69, 9.17) is 23.2 Å². The highest BCUT2D eigenvalue weighted by molar-refractivity contribution is 6.42. The third-order valence-electron chi connectivity index (χ3n) is 4.66. The number of carbonyl (C=O) groups is 3. The van der Waals surface area contributed by atoms with Crippen LogP contribution in [0.3, 0.4) is 0 Å². The van der Waals surface area contributed by atoms with Crippen LogP contribution in [0.15, 0.2) is 29.5 Å². The maximum atomic E-state index is 12.5. The third kappa shape index (κ3) is 4.20. The Hall–Kier alpha value is -2.25. The highest BCUT2D eigenvalue weighted by atomic mass is 35.5. The number of hydrogen-bond acceptors (Lipinski definition) is 4. The van der Waals surface area contributed by atoms with Crippen molar-refractivity contribution in [3.8, 4) is 0 Å². The number of carbonyl (C=O) groups excluding carboxylic acids is 3. The first-order chi connectivity index (χ1) is 12.9. The van der Waals surface area contributed by atoms with Crippen molar-refractivity contribution in [2.75, 3.05) is 19.6 Å². The Morgan fingerprint density at radius 2 is 2.07 bits per heavy atom. The fraction of sp³-hybridized carbons (Fsp3) is 0.389. The predicted octanol–water partition coefficient (Wildman–Crippen LogP) is 1.59. The molecule has 0 spiro atoms. The van der Waals surface area contributed by atoms with E-state index in [-0.39, 0.29) is 31.0 Å². The first kappa shape index (κ1) is 19.5. The summed E-state index contributed by atoms with van der Waals surface area (Å²) in [5, 5.41) is 16.5. The smallest absolute Gasteiger partial charge is 0.289 e. The number of hydrogen-bond donors (Lipinski definition) is 3. The van der Waals surface area contributed by atoms with Crippen LogP contribution in [-0.2, 0) is 20.8 Å². The molecule has 2 aliphatic rings. The maximum Gasteiger partial charge on any atom is 0.289 e. The average molecular weight is 412 g/mol. The zero-order valence-corrected chi connectivity index (χ0v) is 15.9. The minimum Gasteiger partial charge on any atom is -0.503 e. The molecule has 1 aromatic carbocycles. The Bertz CT molecular complexity index is 825. The minimum absolute atomic E-state index is 0.0109. The number of fused-ring (bicyclic) bond motifs is 1. The highest BCUT2D eigenvalue weighted by Crippen LogP contribution is 2.26. The average Bonchev–Trinajstić information content (AvgIpc) is 2.76. The van der Waals surface area contributed by atoms with E-state index in [1.807, 2.05) is 6.07 Å². The zero-order chi connectivity index (χ0) is 19.6. The molecule has 0 radical (unpaired) electrons. The summed E-state index contributed by atoms with van der Waals surface area (Å²) in [6.07, 6.45) is 1.48. The molecule has 1 fully saturated rings. The van der Waals surface area contributed by atoms with Crippen molar-refractivity contribution in [3.63, 3.8) is 0 Å². The lowest BCUT2D eigenvalue weighted by molar-refractivity contribution is -0.129. The van der Waals surface area contributed by atoms with Crippen LogP contribution in [0.2, 0.25) is 10.0 Å². The van der Waals surface area contributed by atoms with Crippen molar-refractivity contribution >= 4 is 40.9 Å². The molecule has 2 aliphatic heterocycles. The van der Waals surface area contributed by atoms with E-state index in [0.717, 1.165) is 5.56 Å². The number of aliphatic hydroxyl groups is 1. The first-order valence-corrected chi connectivity index (χ1v) is 9.37. The number of amides is 3. The van der Waals surface area contributed by atoms with Crippen molar-refractivity contribution in [3.05, 3.63) is 45.1 Å². The lowest BCUT2D eigenvalue weighted by Crippen LogP contribution is -2.42. The molecule has 0 bridgehead atoms. The van der Waals surface area contributed by atoms with Gasteiger partial charge in [-0.25, -0.2) is 0 Å². The van der Waals surface area contributed by atoms with E-state index in [9.17, 15) is 19.5 Å². The Balaban J connectivity index is 1.57. The fourth-order valence-corrected chi connectivity index (χ4v) is 3.56. The second kappa shape index (κ2) is 8.19. The molecular weight excluding hydrogens is 393 g/mol. The van der Waals surface area contributed by atoms with E-state index < -0.39 is 23.6 Å². The van der Waals surface area contributed by atoms with E-state index in [0.29, 0.717) is 29.4 Å². The first-order valence-electron chi connectivity index (χ1n) is 8.61. The predicted molar refractivity (Wildman–Crippen MR) is 101 cm³/mol. The fourth-order valence-electron chi connectivity index (χ4n) is 3.24. The molecule has 9 heteroatoms. The lowest BCUT2D eigenvalue weighted by Gasteiger charge is -2.22. The van der Waals surface area contributed by atoms with Crippen LogP contribution >= 0.6 is 23.2 Å². The van der Waals surface area contributed by atoms with Gasteiger partial charge >= 0.3 is 0 Å². The summed E-state index contributed by atoms with van der Waals surface area (Å²) in [6.45, 7) is 0.650. The van der Waals surface area contributed by atoms with Crippen LogP contribution in [0.4, 0.5) is 0 Å². The van der Waals surface area contributed by atoms with Gasteiger partial charge < -0.3 is 20.6 Å². The van der Waals surface area contributed by atoms with Crippen LogP contribution in [0.25, 0.3) is 0 Å². The van der Waals surface area contributed by atoms with Gasteiger partial charge in [-0.3, -0.25) is 14.4 Å². The van der Waals surface area contributed by atoms with E-state index in [1.165, 1.54) is 4.90 Å². The number of nitrogens with zero attached hydrogens (tertiary/aromatic N) is 1. The van der Waals surface area contributed by atoms with Gasteiger partial charge in [-0.1, -0.05) is 29.3 Å². The van der Waals surface area contributed by atoms with E-state index in [2.05, 4.69) is 10.6 Å². The van der Waals surface area contributed by atoms with Crippen LogP contribution in [0.1, 0.15) is 18.4 Å². The largest absolute Gasteiger partial charge is 0.503 e. The van der Waals surface area contributed by atoms with Gasteiger partial charge in [0.1, 0.15) is 0 Å². The summed E-state index contributed by atoms with van der Waals surface area (Å²) in [6, 6.07) is 4.73. The molecule has 144 valence electrons. The zero-order valence-electron chi connectivity index (χ0n) is 14.4. The summed E-state index contributed by atoms with van der Waals surface area (Å²) < 4.78 is 0. The van der Waals surface area contributed by atoms with Gasteiger partial charge in [0, 0.05) is 26.1 Å². The summed E-state index contributed by atoms with van der Waals surface area (Å²) in [5.41, 5.74) is 1.01. The van der Waals surface area contributed by atoms with Gasteiger partial charge in [0.2, 0.25) is 5.91 Å². The van der Waals surface area contributed by atoms with Crippen LogP contribution in [0.5, 0.6) is 0 Å². The molecule has 1 saturated heterocycles. The van der Waals surface area contributed by atoms with Gasteiger partial charge in [0.05, 0.1) is 21.7 Å². The van der Waals surface area contributed by atoms with E-state index >= 15 is 0 Å². The monoisotopic (exact) mass is 411 g/mol. The van der Waals surface area contributed by atoms with Gasteiger partial charge in [0.15, 0.2) is 5.76 Å². The summed E-state index contributed by atoms with van der Waals surface area (Å²) in [4.78, 5) is 37.5. The third-order valence-corrected chi connectivity index (χ3v) is 5.40. The molecule has 7 nitrogen and oxygen atoms in total. The lowest BCUT2D eigenvalue weighted by atomic mass is 10.1. The second-order valence-electron chi connectivity index (χ2n) is 6.44. The van der Waals surface area contributed by atoms with E-state index in [1.54, 1.807) is 12.1 Å². The molecule has 3 rings (SSSR count). The van der Waals surface area contributed by atoms with Crippen molar-refractivity contribution in [2.45, 2.75) is 25.3 Å². The van der Waals surface area contributed by atoms with Crippen LogP contribution < -0.4 is 10.6 Å². The molecule has 1 aromatic rings. The van der Waals surface area contributed by atoms with Crippen molar-refractivity contribution in [1.29, 1.82) is 0 Å². The summed E-state index contributed by atoms with van der Waals surface area (Å²) >= 11 is 11.9. The van der Waals surface area contributed by atoms with Crippen molar-refractivity contribution in [2.24, 2.45) is 0 Å². The van der Waals surface area contributed by atoms with Crippen LogP contribution in [0, 0.1) is 0 Å². The maximum absolute atomic E-state index is 12.5. The normalized spacial score (nSPS) is 19.6. The highest BCUT2D eigenvalue weighted by Gasteiger charge is 2.43.